The van der Waals surface area contributed by atoms with Crippen molar-refractivity contribution in [3.63, 3.8) is 0 Å². The first-order valence-electron chi connectivity index (χ1n) is 8.10. The van der Waals surface area contributed by atoms with Crippen molar-refractivity contribution in [3.05, 3.63) is 84.4 Å². The summed E-state index contributed by atoms with van der Waals surface area (Å²) < 4.78 is 0. The molecule has 1 N–H and O–H groups in total. The summed E-state index contributed by atoms with van der Waals surface area (Å²) in [6.45, 7) is 7.11. The lowest BCUT2D eigenvalue weighted by Gasteiger charge is -2.40. The Morgan fingerprint density at radius 1 is 1.08 bits per heavy atom. The SMILES string of the molecule is C=CC(=O)NC(CC)(c1ccccc1)C(C(C)=O)c1ccccc1. The Morgan fingerprint density at radius 3 is 2.08 bits per heavy atom. The van der Waals surface area contributed by atoms with Crippen molar-refractivity contribution in [2.45, 2.75) is 31.7 Å². The van der Waals surface area contributed by atoms with E-state index in [2.05, 4.69) is 11.9 Å². The van der Waals surface area contributed by atoms with Crippen LogP contribution >= 0.6 is 0 Å². The largest absolute Gasteiger partial charge is 0.342 e. The molecule has 2 unspecified atom stereocenters. The van der Waals surface area contributed by atoms with Gasteiger partial charge in [0.15, 0.2) is 0 Å². The number of hydrogen-bond acceptors (Lipinski definition) is 2. The number of carbonyl (C=O) groups excluding carboxylic acids is 2. The van der Waals surface area contributed by atoms with E-state index in [0.717, 1.165) is 11.1 Å². The molecule has 0 saturated heterocycles. The van der Waals surface area contributed by atoms with Crippen molar-refractivity contribution in [2.24, 2.45) is 0 Å². The summed E-state index contributed by atoms with van der Waals surface area (Å²) in [4.78, 5) is 24.8. The molecule has 3 nitrogen and oxygen atoms in total. The molecule has 0 heterocycles. The van der Waals surface area contributed by atoms with Crippen molar-refractivity contribution in [2.75, 3.05) is 0 Å². The van der Waals surface area contributed by atoms with E-state index in [9.17, 15) is 9.59 Å². The van der Waals surface area contributed by atoms with Crippen molar-refractivity contribution in [1.29, 1.82) is 0 Å². The second-order valence-electron chi connectivity index (χ2n) is 5.84. The molecule has 0 spiro atoms. The van der Waals surface area contributed by atoms with Gasteiger partial charge in [0.1, 0.15) is 5.78 Å². The molecule has 124 valence electrons. The molecular weight excluding hydrogens is 298 g/mol. The maximum absolute atomic E-state index is 12.6. The Bertz CT molecular complexity index is 709. The van der Waals surface area contributed by atoms with Crippen molar-refractivity contribution in [3.8, 4) is 0 Å². The average molecular weight is 321 g/mol. The van der Waals surface area contributed by atoms with Gasteiger partial charge >= 0.3 is 0 Å². The topological polar surface area (TPSA) is 46.2 Å². The van der Waals surface area contributed by atoms with Crippen LogP contribution in [0.3, 0.4) is 0 Å². The summed E-state index contributed by atoms with van der Waals surface area (Å²) in [7, 11) is 0. The van der Waals surface area contributed by atoms with Crippen molar-refractivity contribution in [1.82, 2.24) is 5.32 Å². The monoisotopic (exact) mass is 321 g/mol. The van der Waals surface area contributed by atoms with Gasteiger partial charge in [-0.2, -0.15) is 0 Å². The fourth-order valence-corrected chi connectivity index (χ4v) is 3.33. The van der Waals surface area contributed by atoms with Crippen LogP contribution in [0.15, 0.2) is 73.3 Å². The summed E-state index contributed by atoms with van der Waals surface area (Å²) in [6, 6.07) is 19.3. The fraction of sp³-hybridized carbons (Fsp3) is 0.238. The number of carbonyl (C=O) groups is 2. The molecule has 2 atom stereocenters. The predicted octanol–water partition coefficient (Wildman–Crippen LogP) is 3.97. The lowest BCUT2D eigenvalue weighted by Crippen LogP contribution is -2.51. The van der Waals surface area contributed by atoms with Crippen LogP contribution in [0.1, 0.15) is 37.3 Å². The molecule has 24 heavy (non-hydrogen) atoms. The molecular formula is C21H23NO2. The molecule has 3 heteroatoms. The van der Waals surface area contributed by atoms with Crippen LogP contribution in [0.5, 0.6) is 0 Å². The first kappa shape index (κ1) is 17.7. The van der Waals surface area contributed by atoms with E-state index in [0.29, 0.717) is 6.42 Å². The summed E-state index contributed by atoms with van der Waals surface area (Å²) in [5.41, 5.74) is 0.978. The molecule has 0 fully saturated rings. The van der Waals surface area contributed by atoms with Gasteiger partial charge in [0, 0.05) is 0 Å². The lowest BCUT2D eigenvalue weighted by atomic mass is 9.71. The second-order valence-corrected chi connectivity index (χ2v) is 5.84. The van der Waals surface area contributed by atoms with Crippen LogP contribution < -0.4 is 5.32 Å². The van der Waals surface area contributed by atoms with Gasteiger partial charge in [-0.1, -0.05) is 74.2 Å². The first-order valence-corrected chi connectivity index (χ1v) is 8.10. The molecule has 0 radical (unpaired) electrons. The minimum atomic E-state index is -0.820. The molecule has 2 aromatic carbocycles. The standard InChI is InChI=1S/C21H23NO2/c1-4-19(24)22-21(5-2,18-14-10-7-11-15-18)20(16(3)23)17-12-8-6-9-13-17/h4,6-15,20H,1,5H2,2-3H3,(H,22,24). The third kappa shape index (κ3) is 3.46. The number of ketones is 1. The normalized spacial score (nSPS) is 14.2. The van der Waals surface area contributed by atoms with Crippen LogP contribution in [-0.4, -0.2) is 11.7 Å². The zero-order chi connectivity index (χ0) is 17.6. The summed E-state index contributed by atoms with van der Waals surface area (Å²) >= 11 is 0. The minimum absolute atomic E-state index is 0.0104. The van der Waals surface area contributed by atoms with E-state index in [4.69, 9.17) is 0 Å². The highest BCUT2D eigenvalue weighted by atomic mass is 16.2. The van der Waals surface area contributed by atoms with Gasteiger partial charge < -0.3 is 5.32 Å². The van der Waals surface area contributed by atoms with E-state index in [1.165, 1.54) is 6.08 Å². The number of nitrogens with one attached hydrogen (secondary N) is 1. The van der Waals surface area contributed by atoms with Crippen molar-refractivity contribution < 1.29 is 9.59 Å². The third-order valence-corrected chi connectivity index (χ3v) is 4.41. The second kappa shape index (κ2) is 7.73. The zero-order valence-corrected chi connectivity index (χ0v) is 14.2. The van der Waals surface area contributed by atoms with Gasteiger partial charge in [0.2, 0.25) is 5.91 Å². The summed E-state index contributed by atoms with van der Waals surface area (Å²) in [5, 5.41) is 3.05. The molecule has 0 aliphatic rings. The number of Topliss-reactive ketones (excluding diaryl/α,β-unsaturated/α-hetero) is 1. The van der Waals surface area contributed by atoms with E-state index < -0.39 is 11.5 Å². The predicted molar refractivity (Wildman–Crippen MR) is 96.6 cm³/mol. The Kier molecular flexibility index (Phi) is 5.69. The molecule has 2 aromatic rings. The average Bonchev–Trinajstić information content (AvgIpc) is 2.62. The zero-order valence-electron chi connectivity index (χ0n) is 14.2. The molecule has 1 amide bonds. The quantitative estimate of drug-likeness (QED) is 0.784. The molecule has 0 aromatic heterocycles. The van der Waals surface area contributed by atoms with Gasteiger partial charge in [-0.15, -0.1) is 0 Å². The van der Waals surface area contributed by atoms with E-state index in [1.807, 2.05) is 67.6 Å². The Morgan fingerprint density at radius 2 is 1.62 bits per heavy atom. The van der Waals surface area contributed by atoms with E-state index >= 15 is 0 Å². The molecule has 0 saturated carbocycles. The first-order chi connectivity index (χ1) is 11.5. The fourth-order valence-electron chi connectivity index (χ4n) is 3.33. The highest BCUT2D eigenvalue weighted by Gasteiger charge is 2.43. The van der Waals surface area contributed by atoms with E-state index in [-0.39, 0.29) is 11.7 Å². The van der Waals surface area contributed by atoms with Crippen LogP contribution in [0.4, 0.5) is 0 Å². The van der Waals surface area contributed by atoms with Crippen LogP contribution in [0, 0.1) is 0 Å². The molecule has 0 aliphatic heterocycles. The van der Waals surface area contributed by atoms with Gasteiger partial charge in [-0.25, -0.2) is 0 Å². The van der Waals surface area contributed by atoms with E-state index in [1.54, 1.807) is 6.92 Å². The smallest absolute Gasteiger partial charge is 0.244 e. The Balaban J connectivity index is 2.68. The third-order valence-electron chi connectivity index (χ3n) is 4.41. The van der Waals surface area contributed by atoms with Gasteiger partial charge in [0.05, 0.1) is 11.5 Å². The Hall–Kier alpha value is -2.68. The van der Waals surface area contributed by atoms with Crippen LogP contribution in [0.25, 0.3) is 0 Å². The summed E-state index contributed by atoms with van der Waals surface area (Å²) in [6.07, 6.45) is 1.82. The summed E-state index contributed by atoms with van der Waals surface area (Å²) in [5.74, 6) is -0.755. The number of hydrogen-bond donors (Lipinski definition) is 1. The maximum Gasteiger partial charge on any atom is 0.244 e. The number of benzene rings is 2. The minimum Gasteiger partial charge on any atom is -0.342 e. The van der Waals surface area contributed by atoms with Crippen LogP contribution in [-0.2, 0) is 15.1 Å². The van der Waals surface area contributed by atoms with Gasteiger partial charge in [-0.05, 0) is 30.5 Å². The van der Waals surface area contributed by atoms with Crippen LogP contribution in [0.2, 0.25) is 0 Å². The van der Waals surface area contributed by atoms with Gasteiger partial charge in [-0.3, -0.25) is 9.59 Å². The number of amides is 1. The molecule has 0 bridgehead atoms. The molecule has 2 rings (SSSR count). The number of rotatable bonds is 7. The molecule has 0 aliphatic carbocycles. The van der Waals surface area contributed by atoms with Crippen molar-refractivity contribution >= 4 is 11.7 Å². The highest BCUT2D eigenvalue weighted by Crippen LogP contribution is 2.40. The van der Waals surface area contributed by atoms with Gasteiger partial charge in [0.25, 0.3) is 0 Å². The lowest BCUT2D eigenvalue weighted by molar-refractivity contribution is -0.123. The Labute approximate surface area is 143 Å². The highest BCUT2D eigenvalue weighted by molar-refractivity contribution is 5.90. The maximum atomic E-state index is 12.6.